The van der Waals surface area contributed by atoms with Crippen LogP contribution in [0.15, 0.2) is 28.7 Å². The van der Waals surface area contributed by atoms with Gasteiger partial charge in [0.25, 0.3) is 0 Å². The third kappa shape index (κ3) is 3.55. The molecule has 110 valence electrons. The van der Waals surface area contributed by atoms with Crippen LogP contribution in [0.1, 0.15) is 52.7 Å². The molecule has 2 nitrogen and oxygen atoms in total. The fourth-order valence-electron chi connectivity index (χ4n) is 2.64. The number of nitrogens with zero attached hydrogens (tertiary/aromatic N) is 1. The molecule has 4 rings (SSSR count). The third-order valence-corrected chi connectivity index (χ3v) is 5.67. The summed E-state index contributed by atoms with van der Waals surface area (Å²) < 4.78 is 1.15. The number of halogens is 1. The standard InChI is InChI=1S/C17H19BrN2S/c18-13-3-1-2-11(8-13)9-16-20-17(12-4-5-12)15(21-16)10-19-14-6-7-14/h1-3,8,12,14,19H,4-7,9-10H2. The fraction of sp³-hybridized carbons (Fsp3) is 0.471. The molecule has 21 heavy (non-hydrogen) atoms. The first-order chi connectivity index (χ1) is 10.3. The molecule has 0 amide bonds. The van der Waals surface area contributed by atoms with Crippen molar-refractivity contribution in [3.63, 3.8) is 0 Å². The van der Waals surface area contributed by atoms with E-state index in [2.05, 4.69) is 45.5 Å². The van der Waals surface area contributed by atoms with Crippen molar-refractivity contribution in [3.8, 4) is 0 Å². The van der Waals surface area contributed by atoms with Crippen LogP contribution in [-0.2, 0) is 13.0 Å². The van der Waals surface area contributed by atoms with Gasteiger partial charge in [-0.15, -0.1) is 11.3 Å². The molecule has 0 saturated heterocycles. The van der Waals surface area contributed by atoms with Crippen LogP contribution in [-0.4, -0.2) is 11.0 Å². The quantitative estimate of drug-likeness (QED) is 0.810. The molecule has 2 fully saturated rings. The molecule has 0 aliphatic heterocycles. The summed E-state index contributed by atoms with van der Waals surface area (Å²) in [6.45, 7) is 1.02. The summed E-state index contributed by atoms with van der Waals surface area (Å²) in [5, 5.41) is 4.91. The lowest BCUT2D eigenvalue weighted by Gasteiger charge is -2.01. The fourth-order valence-corrected chi connectivity index (χ4v) is 4.22. The number of thiazole rings is 1. The van der Waals surface area contributed by atoms with Crippen molar-refractivity contribution in [2.45, 2.75) is 50.6 Å². The second-order valence-electron chi connectivity index (χ2n) is 6.15. The lowest BCUT2D eigenvalue weighted by Crippen LogP contribution is -2.15. The van der Waals surface area contributed by atoms with Crippen LogP contribution in [0.4, 0.5) is 0 Å². The highest BCUT2D eigenvalue weighted by Gasteiger charge is 2.30. The Morgan fingerprint density at radius 2 is 2.10 bits per heavy atom. The summed E-state index contributed by atoms with van der Waals surface area (Å²) >= 11 is 5.46. The van der Waals surface area contributed by atoms with Gasteiger partial charge in [-0.1, -0.05) is 28.1 Å². The van der Waals surface area contributed by atoms with Crippen molar-refractivity contribution in [1.29, 1.82) is 0 Å². The lowest BCUT2D eigenvalue weighted by molar-refractivity contribution is 0.688. The molecule has 0 radical (unpaired) electrons. The minimum Gasteiger partial charge on any atom is -0.309 e. The first-order valence-corrected chi connectivity index (χ1v) is 9.35. The van der Waals surface area contributed by atoms with Crippen LogP contribution in [0, 0.1) is 0 Å². The normalized spacial score (nSPS) is 18.1. The van der Waals surface area contributed by atoms with E-state index in [9.17, 15) is 0 Å². The van der Waals surface area contributed by atoms with Crippen molar-refractivity contribution in [2.75, 3.05) is 0 Å². The van der Waals surface area contributed by atoms with Gasteiger partial charge in [-0.05, 0) is 43.4 Å². The summed E-state index contributed by atoms with van der Waals surface area (Å²) in [6, 6.07) is 9.33. The van der Waals surface area contributed by atoms with Crippen LogP contribution in [0.5, 0.6) is 0 Å². The molecule has 1 heterocycles. The molecule has 2 aromatic rings. The van der Waals surface area contributed by atoms with E-state index in [-0.39, 0.29) is 0 Å². The van der Waals surface area contributed by atoms with Crippen molar-refractivity contribution in [1.82, 2.24) is 10.3 Å². The topological polar surface area (TPSA) is 24.9 Å². The van der Waals surface area contributed by atoms with Crippen molar-refractivity contribution in [2.24, 2.45) is 0 Å². The Morgan fingerprint density at radius 1 is 1.24 bits per heavy atom. The number of rotatable bonds is 6. The van der Waals surface area contributed by atoms with Gasteiger partial charge in [0.1, 0.15) is 0 Å². The number of nitrogens with one attached hydrogen (secondary N) is 1. The Morgan fingerprint density at radius 3 is 2.81 bits per heavy atom. The van der Waals surface area contributed by atoms with Crippen LogP contribution in [0.25, 0.3) is 0 Å². The van der Waals surface area contributed by atoms with Gasteiger partial charge < -0.3 is 5.32 Å². The van der Waals surface area contributed by atoms with Crippen LogP contribution < -0.4 is 5.32 Å². The van der Waals surface area contributed by atoms with Gasteiger partial charge in [-0.3, -0.25) is 0 Å². The van der Waals surface area contributed by atoms with E-state index in [4.69, 9.17) is 4.98 Å². The Bertz CT molecular complexity index is 644. The highest BCUT2D eigenvalue weighted by molar-refractivity contribution is 9.10. The molecular weight excluding hydrogens is 344 g/mol. The third-order valence-electron chi connectivity index (χ3n) is 4.11. The maximum absolute atomic E-state index is 4.96. The van der Waals surface area contributed by atoms with Gasteiger partial charge in [0.15, 0.2) is 0 Å². The first kappa shape index (κ1) is 13.9. The minimum atomic E-state index is 0.744. The molecule has 1 N–H and O–H groups in total. The summed E-state index contributed by atoms with van der Waals surface area (Å²) in [6.07, 6.45) is 6.31. The van der Waals surface area contributed by atoms with Crippen LogP contribution in [0.2, 0.25) is 0 Å². The zero-order valence-corrected chi connectivity index (χ0v) is 14.3. The summed E-state index contributed by atoms with van der Waals surface area (Å²) in [5.74, 6) is 0.744. The summed E-state index contributed by atoms with van der Waals surface area (Å²) in [7, 11) is 0. The highest BCUT2D eigenvalue weighted by atomic mass is 79.9. The SMILES string of the molecule is Brc1cccc(Cc2nc(C3CC3)c(CNC3CC3)s2)c1. The summed E-state index contributed by atoms with van der Waals surface area (Å²) in [4.78, 5) is 6.44. The van der Waals surface area contributed by atoms with Gasteiger partial charge in [0.2, 0.25) is 0 Å². The van der Waals surface area contributed by atoms with Crippen LogP contribution >= 0.6 is 27.3 Å². The van der Waals surface area contributed by atoms with Gasteiger partial charge in [0.05, 0.1) is 10.7 Å². The zero-order chi connectivity index (χ0) is 14.2. The molecule has 2 aliphatic rings. The highest BCUT2D eigenvalue weighted by Crippen LogP contribution is 2.43. The average molecular weight is 363 g/mol. The molecule has 0 atom stereocenters. The van der Waals surface area contributed by atoms with E-state index in [1.54, 1.807) is 0 Å². The molecule has 0 bridgehead atoms. The number of hydrogen-bond donors (Lipinski definition) is 1. The number of benzene rings is 1. The van der Waals surface area contributed by atoms with Gasteiger partial charge in [0, 0.05) is 34.3 Å². The smallest absolute Gasteiger partial charge is 0.0975 e. The molecule has 4 heteroatoms. The number of hydrogen-bond acceptors (Lipinski definition) is 3. The maximum atomic E-state index is 4.96. The Kier molecular flexibility index (Phi) is 3.86. The maximum Gasteiger partial charge on any atom is 0.0975 e. The lowest BCUT2D eigenvalue weighted by atomic mass is 10.2. The Hall–Kier alpha value is -0.710. The van der Waals surface area contributed by atoms with E-state index in [0.717, 1.165) is 29.4 Å². The van der Waals surface area contributed by atoms with E-state index in [1.165, 1.54) is 46.8 Å². The average Bonchev–Trinajstić information content (AvgIpc) is 3.37. The van der Waals surface area contributed by atoms with E-state index in [0.29, 0.717) is 0 Å². The van der Waals surface area contributed by atoms with Crippen LogP contribution in [0.3, 0.4) is 0 Å². The molecule has 1 aromatic carbocycles. The molecule has 0 spiro atoms. The Labute approximate surface area is 138 Å². The van der Waals surface area contributed by atoms with Gasteiger partial charge >= 0.3 is 0 Å². The molecule has 1 aromatic heterocycles. The van der Waals surface area contributed by atoms with E-state index < -0.39 is 0 Å². The minimum absolute atomic E-state index is 0.744. The Balaban J connectivity index is 1.52. The molecule has 2 aliphatic carbocycles. The molecule has 0 unspecified atom stereocenters. The van der Waals surface area contributed by atoms with Gasteiger partial charge in [-0.25, -0.2) is 4.98 Å². The van der Waals surface area contributed by atoms with Crippen molar-refractivity contribution < 1.29 is 0 Å². The predicted molar refractivity (Wildman–Crippen MR) is 90.9 cm³/mol. The number of aromatic nitrogens is 1. The first-order valence-electron chi connectivity index (χ1n) is 7.74. The largest absolute Gasteiger partial charge is 0.309 e. The predicted octanol–water partition coefficient (Wildman–Crippen LogP) is 4.63. The monoisotopic (exact) mass is 362 g/mol. The zero-order valence-electron chi connectivity index (χ0n) is 11.9. The molecular formula is C17H19BrN2S. The van der Waals surface area contributed by atoms with Crippen molar-refractivity contribution in [3.05, 3.63) is 49.9 Å². The van der Waals surface area contributed by atoms with Crippen molar-refractivity contribution >= 4 is 27.3 Å². The second kappa shape index (κ2) is 5.82. The second-order valence-corrected chi connectivity index (χ2v) is 8.24. The molecule has 2 saturated carbocycles. The van der Waals surface area contributed by atoms with E-state index in [1.807, 2.05) is 11.3 Å². The summed E-state index contributed by atoms with van der Waals surface area (Å²) in [5.41, 5.74) is 2.72. The van der Waals surface area contributed by atoms with Gasteiger partial charge in [-0.2, -0.15) is 0 Å². The van der Waals surface area contributed by atoms with E-state index >= 15 is 0 Å².